The second-order valence-corrected chi connectivity index (χ2v) is 4.60. The summed E-state index contributed by atoms with van der Waals surface area (Å²) in [7, 11) is 0. The molecule has 9 heteroatoms. The average Bonchev–Trinajstić information content (AvgIpc) is 2.78. The topological polar surface area (TPSA) is 126 Å². The van der Waals surface area contributed by atoms with E-state index in [1.54, 1.807) is 6.07 Å². The molecule has 0 saturated carbocycles. The van der Waals surface area contributed by atoms with Crippen LogP contribution in [0.3, 0.4) is 0 Å². The normalized spacial score (nSPS) is 11.1. The Labute approximate surface area is 119 Å². The fourth-order valence-corrected chi connectivity index (χ4v) is 2.27. The number of rotatable bonds is 2. The lowest BCUT2D eigenvalue weighted by Gasteiger charge is -1.98. The fraction of sp³-hybridized carbons (Fsp3) is 0.0833. The Morgan fingerprint density at radius 3 is 2.76 bits per heavy atom. The van der Waals surface area contributed by atoms with Crippen LogP contribution in [0.2, 0.25) is 5.02 Å². The summed E-state index contributed by atoms with van der Waals surface area (Å²) in [5.41, 5.74) is -0.604. The van der Waals surface area contributed by atoms with E-state index in [4.69, 9.17) is 25.5 Å². The van der Waals surface area contributed by atoms with Gasteiger partial charge in [0, 0.05) is 5.39 Å². The minimum atomic E-state index is -1.21. The Bertz CT molecular complexity index is 983. The molecule has 1 amide bonds. The SMILES string of the molecule is O=C(O)NCc1cc2cc(Cl)c3oc(=O)[nH]c(=O)c3c2o1. The number of amides is 1. The predicted octanol–water partition coefficient (Wildman–Crippen LogP) is 1.65. The highest BCUT2D eigenvalue weighted by atomic mass is 35.5. The molecule has 0 saturated heterocycles. The van der Waals surface area contributed by atoms with Crippen LogP contribution in [-0.2, 0) is 6.54 Å². The molecule has 0 atom stereocenters. The maximum absolute atomic E-state index is 11.9. The minimum Gasteiger partial charge on any atom is -0.465 e. The van der Waals surface area contributed by atoms with Gasteiger partial charge in [-0.25, -0.2) is 9.59 Å². The summed E-state index contributed by atoms with van der Waals surface area (Å²) in [6, 6.07) is 3.01. The molecule has 0 spiro atoms. The van der Waals surface area contributed by atoms with Crippen LogP contribution in [0.4, 0.5) is 4.79 Å². The highest BCUT2D eigenvalue weighted by Crippen LogP contribution is 2.31. The maximum Gasteiger partial charge on any atom is 0.419 e. The van der Waals surface area contributed by atoms with E-state index in [2.05, 4.69) is 5.32 Å². The van der Waals surface area contributed by atoms with Crippen LogP contribution in [0.1, 0.15) is 5.76 Å². The Balaban J connectivity index is 2.30. The number of aromatic nitrogens is 1. The molecule has 3 N–H and O–H groups in total. The summed E-state index contributed by atoms with van der Waals surface area (Å²) >= 11 is 5.98. The Morgan fingerprint density at radius 1 is 1.29 bits per heavy atom. The average molecular weight is 311 g/mol. The van der Waals surface area contributed by atoms with E-state index in [-0.39, 0.29) is 28.1 Å². The number of furan rings is 1. The number of fused-ring (bicyclic) bond motifs is 3. The Hall–Kier alpha value is -2.74. The van der Waals surface area contributed by atoms with Crippen molar-refractivity contribution in [3.63, 3.8) is 0 Å². The van der Waals surface area contributed by atoms with E-state index in [0.717, 1.165) is 0 Å². The molecular weight excluding hydrogens is 304 g/mol. The van der Waals surface area contributed by atoms with Crippen molar-refractivity contribution in [3.05, 3.63) is 43.8 Å². The van der Waals surface area contributed by atoms with Crippen molar-refractivity contribution < 1.29 is 18.7 Å². The first-order valence-electron chi connectivity index (χ1n) is 5.70. The van der Waals surface area contributed by atoms with Crippen molar-refractivity contribution in [1.82, 2.24) is 10.3 Å². The zero-order chi connectivity index (χ0) is 15.1. The number of aromatic amines is 1. The van der Waals surface area contributed by atoms with Gasteiger partial charge in [0.25, 0.3) is 5.56 Å². The first-order valence-corrected chi connectivity index (χ1v) is 6.08. The zero-order valence-corrected chi connectivity index (χ0v) is 11.0. The van der Waals surface area contributed by atoms with Gasteiger partial charge in [-0.05, 0) is 12.1 Å². The molecule has 3 rings (SSSR count). The summed E-state index contributed by atoms with van der Waals surface area (Å²) in [4.78, 5) is 35.5. The molecule has 0 bridgehead atoms. The molecule has 2 aromatic heterocycles. The standard InChI is InChI=1S/C12H7ClN2O6/c13-6-2-4-1-5(3-14-11(17)18)20-8(4)7-9(6)21-12(19)15-10(7)16/h1-2,14H,3H2,(H,17,18)(H,15,16,19). The van der Waals surface area contributed by atoms with Gasteiger partial charge in [-0.2, -0.15) is 0 Å². The van der Waals surface area contributed by atoms with Crippen molar-refractivity contribution >= 4 is 39.6 Å². The van der Waals surface area contributed by atoms with Gasteiger partial charge in [0.15, 0.2) is 11.2 Å². The number of halogens is 1. The van der Waals surface area contributed by atoms with Crippen LogP contribution < -0.4 is 16.6 Å². The molecule has 0 radical (unpaired) electrons. The number of carbonyl (C=O) groups is 1. The summed E-state index contributed by atoms with van der Waals surface area (Å²) in [5.74, 6) is -0.630. The molecule has 2 heterocycles. The third-order valence-corrected chi connectivity index (χ3v) is 3.10. The van der Waals surface area contributed by atoms with Crippen LogP contribution in [0.25, 0.3) is 21.9 Å². The molecule has 8 nitrogen and oxygen atoms in total. The predicted molar refractivity (Wildman–Crippen MR) is 72.8 cm³/mol. The minimum absolute atomic E-state index is 0.00123. The second kappa shape index (κ2) is 4.67. The van der Waals surface area contributed by atoms with Crippen molar-refractivity contribution in [2.45, 2.75) is 6.54 Å². The van der Waals surface area contributed by atoms with E-state index < -0.39 is 17.4 Å². The second-order valence-electron chi connectivity index (χ2n) is 4.20. The van der Waals surface area contributed by atoms with E-state index in [0.29, 0.717) is 11.1 Å². The zero-order valence-electron chi connectivity index (χ0n) is 10.2. The van der Waals surface area contributed by atoms with Crippen molar-refractivity contribution in [2.24, 2.45) is 0 Å². The number of hydrogen-bond acceptors (Lipinski definition) is 5. The lowest BCUT2D eigenvalue weighted by Crippen LogP contribution is -2.19. The van der Waals surface area contributed by atoms with Crippen LogP contribution in [0.15, 0.2) is 30.6 Å². The number of hydrogen-bond donors (Lipinski definition) is 3. The van der Waals surface area contributed by atoms with Crippen LogP contribution in [0, 0.1) is 0 Å². The van der Waals surface area contributed by atoms with Crippen molar-refractivity contribution in [3.8, 4) is 0 Å². The van der Waals surface area contributed by atoms with E-state index in [1.165, 1.54) is 6.07 Å². The highest BCUT2D eigenvalue weighted by molar-refractivity contribution is 6.36. The molecular formula is C12H7ClN2O6. The number of benzene rings is 1. The van der Waals surface area contributed by atoms with Gasteiger partial charge < -0.3 is 19.3 Å². The third kappa shape index (κ3) is 2.25. The lowest BCUT2D eigenvalue weighted by atomic mass is 10.2. The quantitative estimate of drug-likeness (QED) is 0.660. The summed E-state index contributed by atoms with van der Waals surface area (Å²) in [6.07, 6.45) is -1.21. The Kier molecular flexibility index (Phi) is 2.95. The summed E-state index contributed by atoms with van der Waals surface area (Å²) in [6.45, 7) is -0.0716. The van der Waals surface area contributed by atoms with Gasteiger partial charge in [-0.1, -0.05) is 11.6 Å². The largest absolute Gasteiger partial charge is 0.465 e. The van der Waals surface area contributed by atoms with Crippen molar-refractivity contribution in [2.75, 3.05) is 0 Å². The first-order chi connectivity index (χ1) is 9.95. The molecule has 1 aromatic carbocycles. The molecule has 0 unspecified atom stereocenters. The van der Waals surface area contributed by atoms with E-state index in [9.17, 15) is 14.4 Å². The molecule has 0 aliphatic carbocycles. The maximum atomic E-state index is 11.9. The van der Waals surface area contributed by atoms with E-state index >= 15 is 0 Å². The van der Waals surface area contributed by atoms with E-state index in [1.807, 2.05) is 4.98 Å². The van der Waals surface area contributed by atoms with Gasteiger partial charge in [0.1, 0.15) is 11.1 Å². The Morgan fingerprint density at radius 2 is 2.05 bits per heavy atom. The van der Waals surface area contributed by atoms with Gasteiger partial charge in [-0.3, -0.25) is 9.78 Å². The van der Waals surface area contributed by atoms with Gasteiger partial charge >= 0.3 is 11.8 Å². The summed E-state index contributed by atoms with van der Waals surface area (Å²) in [5, 5.41) is 11.3. The molecule has 0 fully saturated rings. The summed E-state index contributed by atoms with van der Waals surface area (Å²) < 4.78 is 10.3. The van der Waals surface area contributed by atoms with Crippen molar-refractivity contribution in [1.29, 1.82) is 0 Å². The van der Waals surface area contributed by atoms with Gasteiger partial charge in [0.2, 0.25) is 0 Å². The molecule has 21 heavy (non-hydrogen) atoms. The van der Waals surface area contributed by atoms with Gasteiger partial charge in [-0.15, -0.1) is 0 Å². The number of nitrogens with one attached hydrogen (secondary N) is 2. The molecule has 0 aliphatic rings. The fourth-order valence-electron chi connectivity index (χ4n) is 2.01. The van der Waals surface area contributed by atoms with Gasteiger partial charge in [0.05, 0.1) is 11.6 Å². The van der Waals surface area contributed by atoms with Crippen LogP contribution in [0.5, 0.6) is 0 Å². The lowest BCUT2D eigenvalue weighted by molar-refractivity contribution is 0.193. The highest BCUT2D eigenvalue weighted by Gasteiger charge is 2.16. The third-order valence-electron chi connectivity index (χ3n) is 2.82. The molecule has 0 aliphatic heterocycles. The molecule has 108 valence electrons. The monoisotopic (exact) mass is 310 g/mol. The van der Waals surface area contributed by atoms with Crippen LogP contribution in [-0.4, -0.2) is 16.2 Å². The smallest absolute Gasteiger partial charge is 0.419 e. The number of carboxylic acid groups (broad SMARTS) is 1. The van der Waals surface area contributed by atoms with Crippen LogP contribution >= 0.6 is 11.6 Å². The molecule has 3 aromatic rings. The number of H-pyrrole nitrogens is 1. The first kappa shape index (κ1) is 13.3.